The summed E-state index contributed by atoms with van der Waals surface area (Å²) in [5.41, 5.74) is 7.86. The molecule has 0 radical (unpaired) electrons. The van der Waals surface area contributed by atoms with Crippen LogP contribution in [-0.4, -0.2) is 16.4 Å². The molecule has 0 spiro atoms. The topological polar surface area (TPSA) is 19.0 Å². The largest absolute Gasteiger partial charge is 0.363 e. The van der Waals surface area contributed by atoms with Crippen LogP contribution in [0.5, 0.6) is 0 Å². The highest BCUT2D eigenvalue weighted by Gasteiger charge is 2.31. The first kappa shape index (κ1) is 16.6. The molecule has 24 heavy (non-hydrogen) atoms. The molecule has 0 fully saturated rings. The summed E-state index contributed by atoms with van der Waals surface area (Å²) in [7, 11) is 0. The summed E-state index contributed by atoms with van der Waals surface area (Å²) in [5, 5.41) is 1.38. The molecule has 1 aromatic heterocycles. The number of hydrogen-bond acceptors (Lipinski definition) is 1. The van der Waals surface area contributed by atoms with Gasteiger partial charge < -0.3 is 9.88 Å². The van der Waals surface area contributed by atoms with Gasteiger partial charge in [0.25, 0.3) is 0 Å². The second-order valence-corrected chi connectivity index (χ2v) is 6.76. The van der Waals surface area contributed by atoms with Crippen LogP contribution in [0, 0.1) is 6.92 Å². The third-order valence-electron chi connectivity index (χ3n) is 4.89. The molecule has 0 saturated carbocycles. The SMILES string of the molecule is C=C(C)N1CCc2c([nH]c3ccc(C)cc23)C1C(/C=C\C)=C/CC. The Kier molecular flexibility index (Phi) is 4.66. The van der Waals surface area contributed by atoms with Crippen LogP contribution < -0.4 is 0 Å². The standard InChI is InChI=1S/C22H28N2/c1-6-8-17(9-7-2)22-21-18(12-13-24(22)15(3)4)19-14-16(5)10-11-20(19)23-21/h6,8-11,14,22-23H,3,7,12-13H2,1-2,4-5H3/b8-6-,17-9+. The lowest BCUT2D eigenvalue weighted by atomic mass is 9.91. The molecular weight excluding hydrogens is 292 g/mol. The minimum atomic E-state index is 0.232. The minimum Gasteiger partial charge on any atom is -0.363 e. The molecule has 1 N–H and O–H groups in total. The van der Waals surface area contributed by atoms with Gasteiger partial charge >= 0.3 is 0 Å². The van der Waals surface area contributed by atoms with Gasteiger partial charge in [-0.05, 0) is 56.9 Å². The normalized spacial score (nSPS) is 18.4. The molecule has 1 unspecified atom stereocenters. The van der Waals surface area contributed by atoms with Gasteiger partial charge in [-0.25, -0.2) is 0 Å². The van der Waals surface area contributed by atoms with Crippen molar-refractivity contribution in [2.24, 2.45) is 0 Å². The van der Waals surface area contributed by atoms with Crippen molar-refractivity contribution >= 4 is 10.9 Å². The van der Waals surface area contributed by atoms with Crippen molar-refractivity contribution < 1.29 is 0 Å². The van der Waals surface area contributed by atoms with Crippen molar-refractivity contribution in [3.05, 3.63) is 71.1 Å². The first-order valence-electron chi connectivity index (χ1n) is 8.92. The van der Waals surface area contributed by atoms with E-state index in [0.717, 1.165) is 25.1 Å². The van der Waals surface area contributed by atoms with Crippen LogP contribution >= 0.6 is 0 Å². The summed E-state index contributed by atoms with van der Waals surface area (Å²) in [4.78, 5) is 6.15. The van der Waals surface area contributed by atoms with Crippen molar-refractivity contribution in [1.82, 2.24) is 9.88 Å². The molecular formula is C22H28N2. The first-order chi connectivity index (χ1) is 11.6. The fraction of sp³-hybridized carbons (Fsp3) is 0.364. The van der Waals surface area contributed by atoms with E-state index in [2.05, 4.69) is 80.6 Å². The average molecular weight is 320 g/mol. The van der Waals surface area contributed by atoms with Gasteiger partial charge in [0.1, 0.15) is 0 Å². The molecule has 1 aliphatic heterocycles. The number of allylic oxidation sites excluding steroid dienone is 3. The second kappa shape index (κ2) is 6.72. The van der Waals surface area contributed by atoms with E-state index in [0.29, 0.717) is 0 Å². The van der Waals surface area contributed by atoms with Crippen LogP contribution in [0.25, 0.3) is 10.9 Å². The van der Waals surface area contributed by atoms with Crippen molar-refractivity contribution in [3.63, 3.8) is 0 Å². The van der Waals surface area contributed by atoms with Gasteiger partial charge in [0.2, 0.25) is 0 Å². The maximum absolute atomic E-state index is 4.23. The second-order valence-electron chi connectivity index (χ2n) is 6.76. The Morgan fingerprint density at radius 1 is 1.42 bits per heavy atom. The number of aromatic nitrogens is 1. The number of nitrogens with zero attached hydrogens (tertiary/aromatic N) is 1. The molecule has 0 bridgehead atoms. The fourth-order valence-electron chi connectivity index (χ4n) is 3.86. The molecule has 126 valence electrons. The van der Waals surface area contributed by atoms with Crippen LogP contribution in [0.2, 0.25) is 0 Å². The Balaban J connectivity index is 2.22. The molecule has 1 atom stereocenters. The number of aromatic amines is 1. The molecule has 2 heterocycles. The van der Waals surface area contributed by atoms with Crippen molar-refractivity contribution in [2.45, 2.75) is 46.6 Å². The number of fused-ring (bicyclic) bond motifs is 3. The van der Waals surface area contributed by atoms with Crippen molar-refractivity contribution in [1.29, 1.82) is 0 Å². The smallest absolute Gasteiger partial charge is 0.0941 e. The molecule has 2 aromatic rings. The Morgan fingerprint density at radius 3 is 2.88 bits per heavy atom. The van der Waals surface area contributed by atoms with Crippen molar-refractivity contribution in [2.75, 3.05) is 6.54 Å². The van der Waals surface area contributed by atoms with E-state index in [1.807, 2.05) is 0 Å². The monoisotopic (exact) mass is 320 g/mol. The number of nitrogens with one attached hydrogen (secondary N) is 1. The summed E-state index contributed by atoms with van der Waals surface area (Å²) in [6.07, 6.45) is 8.83. The van der Waals surface area contributed by atoms with Gasteiger partial charge in [-0.2, -0.15) is 0 Å². The van der Waals surface area contributed by atoms with Crippen LogP contribution in [0.4, 0.5) is 0 Å². The average Bonchev–Trinajstić information content (AvgIpc) is 2.91. The lowest BCUT2D eigenvalue weighted by Gasteiger charge is -2.38. The highest BCUT2D eigenvalue weighted by Crippen LogP contribution is 2.40. The Morgan fingerprint density at radius 2 is 2.21 bits per heavy atom. The maximum Gasteiger partial charge on any atom is 0.0941 e. The number of hydrogen-bond donors (Lipinski definition) is 1. The zero-order valence-corrected chi connectivity index (χ0v) is 15.3. The van der Waals surface area contributed by atoms with Crippen molar-refractivity contribution in [3.8, 4) is 0 Å². The number of aryl methyl sites for hydroxylation is 1. The first-order valence-corrected chi connectivity index (χ1v) is 8.92. The lowest BCUT2D eigenvalue weighted by Crippen LogP contribution is -2.34. The summed E-state index contributed by atoms with van der Waals surface area (Å²) < 4.78 is 0. The van der Waals surface area contributed by atoms with E-state index < -0.39 is 0 Å². The van der Waals surface area contributed by atoms with Crippen LogP contribution in [0.1, 0.15) is 50.1 Å². The Labute approximate surface area is 145 Å². The molecule has 0 saturated heterocycles. The molecule has 0 aliphatic carbocycles. The Bertz CT molecular complexity index is 820. The maximum atomic E-state index is 4.23. The van der Waals surface area contributed by atoms with Gasteiger partial charge in [-0.15, -0.1) is 0 Å². The molecule has 3 rings (SSSR count). The molecule has 1 aliphatic rings. The number of H-pyrrole nitrogens is 1. The lowest BCUT2D eigenvalue weighted by molar-refractivity contribution is 0.272. The van der Waals surface area contributed by atoms with Crippen LogP contribution in [-0.2, 0) is 6.42 Å². The Hall–Kier alpha value is -2.22. The van der Waals surface area contributed by atoms with E-state index in [1.165, 1.54) is 33.3 Å². The summed E-state index contributed by atoms with van der Waals surface area (Å²) >= 11 is 0. The highest BCUT2D eigenvalue weighted by atomic mass is 15.2. The van der Waals surface area contributed by atoms with Gasteiger partial charge in [0.05, 0.1) is 6.04 Å². The minimum absolute atomic E-state index is 0.232. The quantitative estimate of drug-likeness (QED) is 0.703. The van der Waals surface area contributed by atoms with Gasteiger partial charge in [0.15, 0.2) is 0 Å². The molecule has 0 amide bonds. The van der Waals surface area contributed by atoms with Crippen LogP contribution in [0.15, 0.2) is 54.3 Å². The molecule has 1 aromatic carbocycles. The summed E-state index contributed by atoms with van der Waals surface area (Å²) in [6, 6.07) is 6.95. The highest BCUT2D eigenvalue weighted by molar-refractivity contribution is 5.86. The van der Waals surface area contributed by atoms with Crippen LogP contribution in [0.3, 0.4) is 0 Å². The number of benzene rings is 1. The third kappa shape index (κ3) is 2.82. The zero-order valence-electron chi connectivity index (χ0n) is 15.3. The molecule has 2 heteroatoms. The van der Waals surface area contributed by atoms with E-state index >= 15 is 0 Å². The predicted molar refractivity (Wildman–Crippen MR) is 104 cm³/mol. The van der Waals surface area contributed by atoms with E-state index in [-0.39, 0.29) is 6.04 Å². The van der Waals surface area contributed by atoms with Gasteiger partial charge in [-0.3, -0.25) is 0 Å². The van der Waals surface area contributed by atoms with E-state index in [4.69, 9.17) is 0 Å². The summed E-state index contributed by atoms with van der Waals surface area (Å²) in [5.74, 6) is 0. The summed E-state index contributed by atoms with van der Waals surface area (Å²) in [6.45, 7) is 13.8. The number of rotatable bonds is 4. The van der Waals surface area contributed by atoms with Gasteiger partial charge in [0, 0.05) is 28.8 Å². The van der Waals surface area contributed by atoms with E-state index in [1.54, 1.807) is 0 Å². The predicted octanol–water partition coefficient (Wildman–Crippen LogP) is 5.82. The fourth-order valence-corrected chi connectivity index (χ4v) is 3.86. The van der Waals surface area contributed by atoms with Gasteiger partial charge in [-0.1, -0.05) is 43.4 Å². The van der Waals surface area contributed by atoms with E-state index in [9.17, 15) is 0 Å². The zero-order chi connectivity index (χ0) is 17.3. The molecule has 2 nitrogen and oxygen atoms in total. The third-order valence-corrected chi connectivity index (χ3v) is 4.89.